The van der Waals surface area contributed by atoms with Crippen molar-refractivity contribution in [3.63, 3.8) is 0 Å². The molecule has 3 N–H and O–H groups in total. The van der Waals surface area contributed by atoms with Gasteiger partial charge in [-0.1, -0.05) is 30.3 Å². The predicted molar refractivity (Wildman–Crippen MR) is 129 cm³/mol. The lowest BCUT2D eigenvalue weighted by Gasteiger charge is -2.35. The van der Waals surface area contributed by atoms with Crippen LogP contribution in [0.15, 0.2) is 54.7 Å². The van der Waals surface area contributed by atoms with Crippen molar-refractivity contribution in [1.29, 1.82) is 0 Å². The van der Waals surface area contributed by atoms with Gasteiger partial charge in [-0.25, -0.2) is 4.79 Å². The van der Waals surface area contributed by atoms with Crippen molar-refractivity contribution in [2.24, 2.45) is 0 Å². The number of aromatic nitrogens is 1. The van der Waals surface area contributed by atoms with Crippen molar-refractivity contribution in [3.8, 4) is 5.75 Å². The van der Waals surface area contributed by atoms with Crippen LogP contribution in [0, 0.1) is 0 Å². The fraction of sp³-hybridized carbons (Fsp3) is 0.320. The van der Waals surface area contributed by atoms with Crippen molar-refractivity contribution in [2.45, 2.75) is 19.5 Å². The van der Waals surface area contributed by atoms with Gasteiger partial charge in [0.25, 0.3) is 5.91 Å². The van der Waals surface area contributed by atoms with E-state index < -0.39 is 6.04 Å². The first-order chi connectivity index (χ1) is 16.5. The number of carbonyl (C=O) groups excluding carboxylic acids is 3. The van der Waals surface area contributed by atoms with Crippen molar-refractivity contribution >= 4 is 28.7 Å². The molecule has 0 spiro atoms. The maximum absolute atomic E-state index is 13.0. The Morgan fingerprint density at radius 1 is 1.03 bits per heavy atom. The Morgan fingerprint density at radius 3 is 2.53 bits per heavy atom. The Morgan fingerprint density at radius 2 is 1.76 bits per heavy atom. The standard InChI is InChI=1S/C25H29N5O4/c1-17(23(31)27-15-18-6-5-7-19(14-18)34-2)28-25(33)30-12-10-29(11-13-30)24(32)21-16-26-22-9-4-3-8-20(21)22/h3-9,14,16-17,26H,10-13,15H2,1-2H3,(H,27,31)(H,28,33). The number of hydrogen-bond acceptors (Lipinski definition) is 4. The molecule has 1 unspecified atom stereocenters. The third kappa shape index (κ3) is 5.14. The summed E-state index contributed by atoms with van der Waals surface area (Å²) in [5, 5.41) is 6.46. The van der Waals surface area contributed by atoms with E-state index in [9.17, 15) is 14.4 Å². The Labute approximate surface area is 198 Å². The summed E-state index contributed by atoms with van der Waals surface area (Å²) in [7, 11) is 1.59. The van der Waals surface area contributed by atoms with Crippen LogP contribution in [0.1, 0.15) is 22.8 Å². The average molecular weight is 464 g/mol. The van der Waals surface area contributed by atoms with Crippen LogP contribution in [0.3, 0.4) is 0 Å². The highest BCUT2D eigenvalue weighted by atomic mass is 16.5. The smallest absolute Gasteiger partial charge is 0.318 e. The maximum atomic E-state index is 13.0. The lowest BCUT2D eigenvalue weighted by atomic mass is 10.1. The molecule has 2 heterocycles. The first kappa shape index (κ1) is 23.2. The minimum absolute atomic E-state index is 0.0530. The van der Waals surface area contributed by atoms with Gasteiger partial charge in [-0.05, 0) is 30.7 Å². The number of H-pyrrole nitrogens is 1. The van der Waals surface area contributed by atoms with E-state index in [-0.39, 0.29) is 17.8 Å². The van der Waals surface area contributed by atoms with Gasteiger partial charge in [-0.3, -0.25) is 9.59 Å². The summed E-state index contributed by atoms with van der Waals surface area (Å²) in [5.41, 5.74) is 2.46. The molecule has 0 bridgehead atoms. The number of rotatable bonds is 6. The minimum atomic E-state index is -0.691. The molecule has 3 aromatic rings. The second-order valence-corrected chi connectivity index (χ2v) is 8.27. The first-order valence-electron chi connectivity index (χ1n) is 11.3. The molecule has 1 atom stereocenters. The lowest BCUT2D eigenvalue weighted by molar-refractivity contribution is -0.122. The molecule has 9 nitrogen and oxygen atoms in total. The fourth-order valence-electron chi connectivity index (χ4n) is 4.00. The molecule has 1 aliphatic heterocycles. The number of nitrogens with zero attached hydrogens (tertiary/aromatic N) is 2. The second kappa shape index (κ2) is 10.3. The Balaban J connectivity index is 1.25. The number of urea groups is 1. The van der Waals surface area contributed by atoms with Crippen LogP contribution in [0.2, 0.25) is 0 Å². The lowest BCUT2D eigenvalue weighted by Crippen LogP contribution is -2.56. The number of amides is 4. The number of fused-ring (bicyclic) bond motifs is 1. The highest BCUT2D eigenvalue weighted by Gasteiger charge is 2.27. The van der Waals surface area contributed by atoms with Crippen LogP contribution in [0.5, 0.6) is 5.75 Å². The maximum Gasteiger partial charge on any atom is 0.318 e. The fourth-order valence-corrected chi connectivity index (χ4v) is 4.00. The molecular weight excluding hydrogens is 434 g/mol. The van der Waals surface area contributed by atoms with Gasteiger partial charge >= 0.3 is 6.03 Å². The van der Waals surface area contributed by atoms with Gasteiger partial charge < -0.3 is 30.2 Å². The van der Waals surface area contributed by atoms with Crippen molar-refractivity contribution in [2.75, 3.05) is 33.3 Å². The number of methoxy groups -OCH3 is 1. The van der Waals surface area contributed by atoms with E-state index in [1.807, 2.05) is 48.5 Å². The Bertz CT molecular complexity index is 1180. The van der Waals surface area contributed by atoms with E-state index in [1.54, 1.807) is 30.0 Å². The number of benzene rings is 2. The van der Waals surface area contributed by atoms with E-state index >= 15 is 0 Å². The molecule has 34 heavy (non-hydrogen) atoms. The van der Waals surface area contributed by atoms with Crippen molar-refractivity contribution in [1.82, 2.24) is 25.4 Å². The number of hydrogen-bond donors (Lipinski definition) is 3. The monoisotopic (exact) mass is 463 g/mol. The molecule has 2 aromatic carbocycles. The molecule has 1 aromatic heterocycles. The number of aromatic amines is 1. The van der Waals surface area contributed by atoms with Crippen molar-refractivity contribution in [3.05, 3.63) is 65.9 Å². The molecule has 4 rings (SSSR count). The molecule has 0 aliphatic carbocycles. The van der Waals surface area contributed by atoms with E-state index in [0.717, 1.165) is 22.2 Å². The average Bonchev–Trinajstić information content (AvgIpc) is 3.31. The molecule has 0 saturated carbocycles. The van der Waals surface area contributed by atoms with E-state index in [1.165, 1.54) is 0 Å². The largest absolute Gasteiger partial charge is 0.497 e. The van der Waals surface area contributed by atoms with E-state index in [0.29, 0.717) is 38.3 Å². The first-order valence-corrected chi connectivity index (χ1v) is 11.3. The van der Waals surface area contributed by atoms with Gasteiger partial charge in [-0.2, -0.15) is 0 Å². The Hall–Kier alpha value is -4.01. The minimum Gasteiger partial charge on any atom is -0.497 e. The topological polar surface area (TPSA) is 107 Å². The number of para-hydroxylation sites is 1. The number of carbonyl (C=O) groups is 3. The summed E-state index contributed by atoms with van der Waals surface area (Å²) in [4.78, 5) is 44.6. The van der Waals surface area contributed by atoms with Gasteiger partial charge in [0.05, 0.1) is 12.7 Å². The molecule has 0 radical (unpaired) electrons. The number of piperazine rings is 1. The SMILES string of the molecule is COc1cccc(CNC(=O)C(C)NC(=O)N2CCN(C(=O)c3c[nH]c4ccccc34)CC2)c1. The predicted octanol–water partition coefficient (Wildman–Crippen LogP) is 2.35. The molecule has 1 aliphatic rings. The van der Waals surface area contributed by atoms with Gasteiger partial charge in [0.1, 0.15) is 11.8 Å². The summed E-state index contributed by atoms with van der Waals surface area (Å²) < 4.78 is 5.19. The van der Waals surface area contributed by atoms with Crippen LogP contribution in [0.4, 0.5) is 4.79 Å². The molecule has 178 valence electrons. The summed E-state index contributed by atoms with van der Waals surface area (Å²) in [6.45, 7) is 3.65. The summed E-state index contributed by atoms with van der Waals surface area (Å²) in [6.07, 6.45) is 1.73. The summed E-state index contributed by atoms with van der Waals surface area (Å²) >= 11 is 0. The van der Waals surface area contributed by atoms with Crippen LogP contribution in [-0.2, 0) is 11.3 Å². The highest BCUT2D eigenvalue weighted by Crippen LogP contribution is 2.20. The third-order valence-electron chi connectivity index (χ3n) is 6.01. The van der Waals surface area contributed by atoms with Gasteiger partial charge in [-0.15, -0.1) is 0 Å². The van der Waals surface area contributed by atoms with Gasteiger partial charge in [0, 0.05) is 49.8 Å². The van der Waals surface area contributed by atoms with E-state index in [4.69, 9.17) is 4.74 Å². The van der Waals surface area contributed by atoms with Gasteiger partial charge in [0.2, 0.25) is 5.91 Å². The zero-order valence-electron chi connectivity index (χ0n) is 19.3. The van der Waals surface area contributed by atoms with E-state index in [2.05, 4.69) is 15.6 Å². The zero-order chi connectivity index (χ0) is 24.1. The van der Waals surface area contributed by atoms with Crippen LogP contribution < -0.4 is 15.4 Å². The quantitative estimate of drug-likeness (QED) is 0.522. The van der Waals surface area contributed by atoms with Crippen LogP contribution >= 0.6 is 0 Å². The third-order valence-corrected chi connectivity index (χ3v) is 6.01. The Kier molecular flexibility index (Phi) is 7.01. The molecule has 9 heteroatoms. The van der Waals surface area contributed by atoms with Crippen molar-refractivity contribution < 1.29 is 19.1 Å². The molecule has 1 fully saturated rings. The van der Waals surface area contributed by atoms with Crippen LogP contribution in [0.25, 0.3) is 10.9 Å². The molecule has 1 saturated heterocycles. The van der Waals surface area contributed by atoms with Crippen LogP contribution in [-0.4, -0.2) is 72.0 Å². The summed E-state index contributed by atoms with van der Waals surface area (Å²) in [5.74, 6) is 0.391. The molecule has 4 amide bonds. The second-order valence-electron chi connectivity index (χ2n) is 8.27. The highest BCUT2D eigenvalue weighted by molar-refractivity contribution is 6.06. The normalized spacial score (nSPS) is 14.5. The number of ether oxygens (including phenoxy) is 1. The van der Waals surface area contributed by atoms with Gasteiger partial charge in [0.15, 0.2) is 0 Å². The summed E-state index contributed by atoms with van der Waals surface area (Å²) in [6, 6.07) is 14.1. The molecular formula is C25H29N5O4. The zero-order valence-corrected chi connectivity index (χ0v) is 19.3. The number of nitrogens with one attached hydrogen (secondary N) is 3.